The standard InChI is InChI=1S/C12H8Br2Cl2OS/c13-9-3-7(5-15)4-10(14)12(9)17-6-8-1-2-11(16)18-8/h1-4H,5-6H2. The number of halogens is 4. The number of alkyl halides is 1. The molecular formula is C12H8Br2Cl2OS. The predicted octanol–water partition coefficient (Wildman–Crippen LogP) is 6.24. The summed E-state index contributed by atoms with van der Waals surface area (Å²) in [5.41, 5.74) is 1.03. The normalized spacial score (nSPS) is 10.7. The molecule has 0 saturated heterocycles. The molecule has 0 atom stereocenters. The summed E-state index contributed by atoms with van der Waals surface area (Å²) < 4.78 is 8.32. The van der Waals surface area contributed by atoms with Crippen molar-refractivity contribution in [2.45, 2.75) is 12.5 Å². The van der Waals surface area contributed by atoms with E-state index in [0.29, 0.717) is 12.5 Å². The summed E-state index contributed by atoms with van der Waals surface area (Å²) in [5.74, 6) is 1.24. The highest BCUT2D eigenvalue weighted by atomic mass is 79.9. The van der Waals surface area contributed by atoms with Gasteiger partial charge in [0.25, 0.3) is 0 Å². The summed E-state index contributed by atoms with van der Waals surface area (Å²) in [4.78, 5) is 1.08. The Balaban J connectivity index is 2.14. The number of ether oxygens (including phenoxy) is 1. The van der Waals surface area contributed by atoms with Crippen LogP contribution < -0.4 is 4.74 Å². The molecule has 1 heterocycles. The minimum absolute atomic E-state index is 0.470. The molecule has 0 aliphatic carbocycles. The average molecular weight is 431 g/mol. The van der Waals surface area contributed by atoms with E-state index < -0.39 is 0 Å². The maximum Gasteiger partial charge on any atom is 0.148 e. The maximum atomic E-state index is 5.87. The van der Waals surface area contributed by atoms with Crippen molar-refractivity contribution in [3.8, 4) is 5.75 Å². The van der Waals surface area contributed by atoms with Crippen LogP contribution in [-0.4, -0.2) is 0 Å². The van der Waals surface area contributed by atoms with E-state index in [1.165, 1.54) is 11.3 Å². The Hall–Kier alpha value is 0.260. The van der Waals surface area contributed by atoms with Crippen LogP contribution in [-0.2, 0) is 12.5 Å². The lowest BCUT2D eigenvalue weighted by Gasteiger charge is -2.10. The molecule has 2 aromatic rings. The zero-order valence-electron chi connectivity index (χ0n) is 9.05. The first-order chi connectivity index (χ1) is 8.60. The molecule has 0 N–H and O–H groups in total. The summed E-state index contributed by atoms with van der Waals surface area (Å²) in [5, 5.41) is 0. The number of benzene rings is 1. The van der Waals surface area contributed by atoms with Gasteiger partial charge >= 0.3 is 0 Å². The molecule has 1 nitrogen and oxygen atoms in total. The van der Waals surface area contributed by atoms with Gasteiger partial charge in [-0.15, -0.1) is 22.9 Å². The fraction of sp³-hybridized carbons (Fsp3) is 0.167. The number of hydrogen-bond donors (Lipinski definition) is 0. The molecule has 0 aliphatic heterocycles. The molecular weight excluding hydrogens is 423 g/mol. The highest BCUT2D eigenvalue weighted by molar-refractivity contribution is 9.11. The Morgan fingerprint density at radius 2 is 1.83 bits per heavy atom. The molecule has 0 aliphatic rings. The van der Waals surface area contributed by atoms with Crippen molar-refractivity contribution >= 4 is 66.4 Å². The second-order valence-corrected chi connectivity index (χ2v) is 7.29. The van der Waals surface area contributed by atoms with Crippen molar-refractivity contribution < 1.29 is 4.74 Å². The Morgan fingerprint density at radius 3 is 2.33 bits per heavy atom. The first-order valence-electron chi connectivity index (χ1n) is 5.01. The first kappa shape index (κ1) is 14.7. The SMILES string of the molecule is ClCc1cc(Br)c(OCc2ccc(Cl)s2)c(Br)c1. The second-order valence-electron chi connectivity index (χ2n) is 3.52. The van der Waals surface area contributed by atoms with Gasteiger partial charge < -0.3 is 4.74 Å². The predicted molar refractivity (Wildman–Crippen MR) is 85.1 cm³/mol. The van der Waals surface area contributed by atoms with Crippen LogP contribution in [0.4, 0.5) is 0 Å². The summed E-state index contributed by atoms with van der Waals surface area (Å²) in [6.45, 7) is 0.495. The minimum Gasteiger partial charge on any atom is -0.486 e. The van der Waals surface area contributed by atoms with E-state index in [4.69, 9.17) is 27.9 Å². The van der Waals surface area contributed by atoms with Crippen LogP contribution in [0.5, 0.6) is 5.75 Å². The van der Waals surface area contributed by atoms with E-state index in [1.807, 2.05) is 24.3 Å². The van der Waals surface area contributed by atoms with Gasteiger partial charge in [0, 0.05) is 10.8 Å². The molecule has 0 saturated carbocycles. The summed E-state index contributed by atoms with van der Waals surface area (Å²) >= 11 is 20.2. The molecule has 0 bridgehead atoms. The average Bonchev–Trinajstić information content (AvgIpc) is 2.73. The van der Waals surface area contributed by atoms with Gasteiger partial charge in [0.05, 0.1) is 13.3 Å². The zero-order chi connectivity index (χ0) is 13.1. The molecule has 0 amide bonds. The van der Waals surface area contributed by atoms with E-state index in [9.17, 15) is 0 Å². The van der Waals surface area contributed by atoms with Crippen LogP contribution in [0, 0.1) is 0 Å². The van der Waals surface area contributed by atoms with Crippen molar-refractivity contribution in [3.05, 3.63) is 48.0 Å². The highest BCUT2D eigenvalue weighted by Crippen LogP contribution is 2.36. The molecule has 2 rings (SSSR count). The van der Waals surface area contributed by atoms with E-state index in [-0.39, 0.29) is 0 Å². The van der Waals surface area contributed by atoms with E-state index >= 15 is 0 Å². The fourth-order valence-electron chi connectivity index (χ4n) is 1.40. The number of thiophene rings is 1. The lowest BCUT2D eigenvalue weighted by atomic mass is 10.2. The van der Waals surface area contributed by atoms with Gasteiger partial charge in [0.15, 0.2) is 0 Å². The van der Waals surface area contributed by atoms with Crippen LogP contribution in [0.2, 0.25) is 4.34 Å². The van der Waals surface area contributed by atoms with Gasteiger partial charge in [-0.25, -0.2) is 0 Å². The molecule has 6 heteroatoms. The highest BCUT2D eigenvalue weighted by Gasteiger charge is 2.09. The van der Waals surface area contributed by atoms with Gasteiger partial charge in [-0.05, 0) is 61.7 Å². The van der Waals surface area contributed by atoms with Gasteiger partial charge in [-0.3, -0.25) is 0 Å². The quantitative estimate of drug-likeness (QED) is 0.521. The number of rotatable bonds is 4. The first-order valence-corrected chi connectivity index (χ1v) is 8.32. The Labute approximate surface area is 136 Å². The summed E-state index contributed by atoms with van der Waals surface area (Å²) in [7, 11) is 0. The van der Waals surface area contributed by atoms with Crippen molar-refractivity contribution in [1.29, 1.82) is 0 Å². The van der Waals surface area contributed by atoms with E-state index in [0.717, 1.165) is 29.5 Å². The molecule has 0 spiro atoms. The van der Waals surface area contributed by atoms with Gasteiger partial charge in [0.2, 0.25) is 0 Å². The molecule has 0 unspecified atom stereocenters. The molecule has 1 aromatic heterocycles. The molecule has 0 fully saturated rings. The second kappa shape index (κ2) is 6.62. The molecule has 96 valence electrons. The van der Waals surface area contributed by atoms with E-state index in [2.05, 4.69) is 31.9 Å². The topological polar surface area (TPSA) is 9.23 Å². The third-order valence-corrected chi connectivity index (χ3v) is 4.89. The molecule has 18 heavy (non-hydrogen) atoms. The van der Waals surface area contributed by atoms with Crippen molar-refractivity contribution in [2.24, 2.45) is 0 Å². The van der Waals surface area contributed by atoms with E-state index in [1.54, 1.807) is 0 Å². The largest absolute Gasteiger partial charge is 0.486 e. The smallest absolute Gasteiger partial charge is 0.148 e. The lowest BCUT2D eigenvalue weighted by Crippen LogP contribution is -1.95. The van der Waals surface area contributed by atoms with Crippen LogP contribution >= 0.6 is 66.4 Å². The van der Waals surface area contributed by atoms with Crippen LogP contribution in [0.1, 0.15) is 10.4 Å². The minimum atomic E-state index is 0.470. The zero-order valence-corrected chi connectivity index (χ0v) is 14.6. The summed E-state index contributed by atoms with van der Waals surface area (Å²) in [6, 6.07) is 7.73. The molecule has 0 radical (unpaired) electrons. The van der Waals surface area contributed by atoms with Gasteiger partial charge in [-0.2, -0.15) is 0 Å². The fourth-order valence-corrected chi connectivity index (χ4v) is 4.07. The third-order valence-electron chi connectivity index (χ3n) is 2.20. The van der Waals surface area contributed by atoms with Crippen molar-refractivity contribution in [3.63, 3.8) is 0 Å². The van der Waals surface area contributed by atoms with Crippen LogP contribution in [0.25, 0.3) is 0 Å². The van der Waals surface area contributed by atoms with Crippen LogP contribution in [0.15, 0.2) is 33.2 Å². The molecule has 1 aromatic carbocycles. The number of hydrogen-bond acceptors (Lipinski definition) is 2. The summed E-state index contributed by atoms with van der Waals surface area (Å²) in [6.07, 6.45) is 0. The monoisotopic (exact) mass is 428 g/mol. The Morgan fingerprint density at radius 1 is 1.17 bits per heavy atom. The van der Waals surface area contributed by atoms with Gasteiger partial charge in [0.1, 0.15) is 12.4 Å². The van der Waals surface area contributed by atoms with Crippen molar-refractivity contribution in [2.75, 3.05) is 0 Å². The Kier molecular flexibility index (Phi) is 5.39. The van der Waals surface area contributed by atoms with Crippen LogP contribution in [0.3, 0.4) is 0 Å². The van der Waals surface area contributed by atoms with Gasteiger partial charge in [-0.1, -0.05) is 11.6 Å². The Bertz CT molecular complexity index is 534. The maximum absolute atomic E-state index is 5.87. The lowest BCUT2D eigenvalue weighted by molar-refractivity contribution is 0.305. The third kappa shape index (κ3) is 3.64. The van der Waals surface area contributed by atoms with Crippen molar-refractivity contribution in [1.82, 2.24) is 0 Å².